The Balaban J connectivity index is 1.51. The van der Waals surface area contributed by atoms with Crippen molar-refractivity contribution in [3.8, 4) is 0 Å². The standard InChI is InChI=1S/C26H44O4Si/c1-23(2,3)28-20-10-9-18-17-15-21(30-31(6,7)8)26-13-14-27-22(29-26)16-25(26,5)19(17)11-12-24(18,20)4/h13-14,17-22H,9-12,15-16H2,1-8H3/t17-,18-,19-,20-,21-,22+,24-,25+,26-/m0/s1. The Bertz CT molecular complexity index is 753. The van der Waals surface area contributed by atoms with Crippen molar-refractivity contribution in [1.29, 1.82) is 0 Å². The largest absolute Gasteiger partial charge is 0.473 e. The highest BCUT2D eigenvalue weighted by Gasteiger charge is 2.72. The molecule has 5 rings (SSSR count). The van der Waals surface area contributed by atoms with Gasteiger partial charge in [-0.05, 0) is 102 Å². The van der Waals surface area contributed by atoms with Crippen molar-refractivity contribution < 1.29 is 18.6 Å². The summed E-state index contributed by atoms with van der Waals surface area (Å²) >= 11 is 0. The van der Waals surface area contributed by atoms with E-state index in [0.29, 0.717) is 23.9 Å². The highest BCUT2D eigenvalue weighted by Crippen LogP contribution is 2.70. The maximum absolute atomic E-state index is 6.95. The molecule has 4 fully saturated rings. The van der Waals surface area contributed by atoms with Gasteiger partial charge in [0.15, 0.2) is 8.32 Å². The first-order valence-electron chi connectivity index (χ1n) is 12.6. The Morgan fingerprint density at radius 2 is 1.74 bits per heavy atom. The van der Waals surface area contributed by atoms with Crippen LogP contribution in [0.3, 0.4) is 0 Å². The van der Waals surface area contributed by atoms with Crippen LogP contribution >= 0.6 is 0 Å². The second-order valence-corrected chi connectivity index (χ2v) is 18.0. The Morgan fingerprint density at radius 1 is 1.00 bits per heavy atom. The molecule has 3 saturated carbocycles. The van der Waals surface area contributed by atoms with Crippen LogP contribution in [0.25, 0.3) is 0 Å². The smallest absolute Gasteiger partial charge is 0.200 e. The fraction of sp³-hybridized carbons (Fsp3) is 0.923. The fourth-order valence-corrected chi connectivity index (χ4v) is 9.51. The molecule has 0 aromatic carbocycles. The van der Waals surface area contributed by atoms with Crippen LogP contribution in [0.4, 0.5) is 0 Å². The lowest BCUT2D eigenvalue weighted by molar-refractivity contribution is -0.229. The predicted octanol–water partition coefficient (Wildman–Crippen LogP) is 6.27. The van der Waals surface area contributed by atoms with E-state index in [2.05, 4.69) is 60.3 Å². The first-order chi connectivity index (χ1) is 14.3. The third-order valence-corrected chi connectivity index (χ3v) is 10.5. The quantitative estimate of drug-likeness (QED) is 0.477. The molecule has 5 heteroatoms. The molecule has 176 valence electrons. The van der Waals surface area contributed by atoms with Gasteiger partial charge in [-0.1, -0.05) is 13.8 Å². The Kier molecular flexibility index (Phi) is 4.94. The Labute approximate surface area is 190 Å². The summed E-state index contributed by atoms with van der Waals surface area (Å²) in [5.41, 5.74) is -0.0584. The summed E-state index contributed by atoms with van der Waals surface area (Å²) < 4.78 is 26.2. The van der Waals surface area contributed by atoms with Gasteiger partial charge in [-0.25, -0.2) is 0 Å². The molecule has 1 spiro atoms. The summed E-state index contributed by atoms with van der Waals surface area (Å²) in [7, 11) is -1.73. The van der Waals surface area contributed by atoms with E-state index in [1.54, 1.807) is 0 Å². The molecule has 0 unspecified atom stereocenters. The zero-order valence-electron chi connectivity index (χ0n) is 21.0. The van der Waals surface area contributed by atoms with Crippen molar-refractivity contribution >= 4 is 8.32 Å². The second-order valence-electron chi connectivity index (χ2n) is 13.6. The summed E-state index contributed by atoms with van der Waals surface area (Å²) in [6.45, 7) is 18.6. The molecule has 0 N–H and O–H groups in total. The van der Waals surface area contributed by atoms with E-state index in [-0.39, 0.29) is 34.4 Å². The minimum atomic E-state index is -1.73. The molecule has 2 aliphatic heterocycles. The third-order valence-electron chi connectivity index (χ3n) is 9.48. The van der Waals surface area contributed by atoms with Crippen LogP contribution in [0, 0.1) is 28.6 Å². The molecule has 4 nitrogen and oxygen atoms in total. The minimum Gasteiger partial charge on any atom is -0.473 e. The van der Waals surface area contributed by atoms with Gasteiger partial charge in [0, 0.05) is 11.8 Å². The lowest BCUT2D eigenvalue weighted by Gasteiger charge is -2.62. The van der Waals surface area contributed by atoms with Crippen LogP contribution in [0.15, 0.2) is 12.3 Å². The van der Waals surface area contributed by atoms with E-state index in [0.717, 1.165) is 12.8 Å². The van der Waals surface area contributed by atoms with Crippen molar-refractivity contribution in [3.63, 3.8) is 0 Å². The predicted molar refractivity (Wildman–Crippen MR) is 125 cm³/mol. The monoisotopic (exact) mass is 448 g/mol. The molecule has 0 amide bonds. The summed E-state index contributed by atoms with van der Waals surface area (Å²) in [6, 6.07) is 0. The Morgan fingerprint density at radius 3 is 2.42 bits per heavy atom. The van der Waals surface area contributed by atoms with Crippen molar-refractivity contribution in [3.05, 3.63) is 12.3 Å². The van der Waals surface area contributed by atoms with Gasteiger partial charge in [0.05, 0.1) is 24.1 Å². The lowest BCUT2D eigenvalue weighted by atomic mass is 9.45. The molecule has 3 aliphatic carbocycles. The fourth-order valence-electron chi connectivity index (χ4n) is 8.39. The Hall–Kier alpha value is -0.363. The van der Waals surface area contributed by atoms with Gasteiger partial charge < -0.3 is 18.6 Å². The summed E-state index contributed by atoms with van der Waals surface area (Å²) in [5.74, 6) is 2.06. The van der Waals surface area contributed by atoms with Gasteiger partial charge in [0.25, 0.3) is 0 Å². The third kappa shape index (κ3) is 3.31. The van der Waals surface area contributed by atoms with Crippen LogP contribution in [0.1, 0.15) is 73.1 Å². The maximum Gasteiger partial charge on any atom is 0.200 e. The SMILES string of the molecule is CC(C)(C)O[C@H]1CC[C@H]2[C@@H]3C[C@H](O[Si](C)(C)C)[C@@]45C=CO[C@@H](C[C@]4(C)[C@H]3CC[C@]12C)O5. The molecule has 2 bridgehead atoms. The van der Waals surface area contributed by atoms with E-state index in [9.17, 15) is 0 Å². The minimum absolute atomic E-state index is 0.0716. The highest BCUT2D eigenvalue weighted by molar-refractivity contribution is 6.69. The van der Waals surface area contributed by atoms with Crippen molar-refractivity contribution in [2.45, 2.75) is 122 Å². The average molecular weight is 449 g/mol. The van der Waals surface area contributed by atoms with Gasteiger partial charge >= 0.3 is 0 Å². The van der Waals surface area contributed by atoms with Crippen molar-refractivity contribution in [2.75, 3.05) is 0 Å². The molecular weight excluding hydrogens is 404 g/mol. The van der Waals surface area contributed by atoms with Crippen LogP contribution in [0.2, 0.25) is 19.6 Å². The van der Waals surface area contributed by atoms with E-state index in [1.807, 2.05) is 6.26 Å². The first-order valence-corrected chi connectivity index (χ1v) is 16.0. The van der Waals surface area contributed by atoms with Gasteiger partial charge in [0.2, 0.25) is 6.29 Å². The molecule has 1 saturated heterocycles. The molecule has 0 aromatic heterocycles. The summed E-state index contributed by atoms with van der Waals surface area (Å²) in [4.78, 5) is 0. The number of rotatable bonds is 3. The van der Waals surface area contributed by atoms with Crippen LogP contribution in [-0.4, -0.2) is 38.0 Å². The summed E-state index contributed by atoms with van der Waals surface area (Å²) in [5, 5.41) is 0. The van der Waals surface area contributed by atoms with Crippen LogP contribution in [-0.2, 0) is 18.6 Å². The van der Waals surface area contributed by atoms with E-state index in [1.165, 1.54) is 25.7 Å². The normalized spacial score (nSPS) is 51.1. The van der Waals surface area contributed by atoms with E-state index >= 15 is 0 Å². The molecular formula is C26H44O4Si. The highest BCUT2D eigenvalue weighted by atomic mass is 28.4. The molecule has 9 atom stereocenters. The molecule has 0 aromatic rings. The van der Waals surface area contributed by atoms with Crippen LogP contribution in [0.5, 0.6) is 0 Å². The van der Waals surface area contributed by atoms with Crippen molar-refractivity contribution in [1.82, 2.24) is 0 Å². The number of fused-ring (bicyclic) bond motifs is 5. The van der Waals surface area contributed by atoms with Gasteiger partial charge in [-0.2, -0.15) is 0 Å². The lowest BCUT2D eigenvalue weighted by Crippen LogP contribution is -2.65. The molecule has 2 heterocycles. The van der Waals surface area contributed by atoms with Gasteiger partial charge in [-0.15, -0.1) is 0 Å². The zero-order chi connectivity index (χ0) is 22.4. The molecule has 5 aliphatic rings. The molecule has 0 radical (unpaired) electrons. The average Bonchev–Trinajstić information content (AvgIpc) is 3.04. The number of ether oxygens (including phenoxy) is 3. The van der Waals surface area contributed by atoms with E-state index < -0.39 is 8.32 Å². The van der Waals surface area contributed by atoms with Gasteiger partial charge in [0.1, 0.15) is 5.60 Å². The first kappa shape index (κ1) is 22.4. The number of hydrogen-bond donors (Lipinski definition) is 0. The van der Waals surface area contributed by atoms with E-state index in [4.69, 9.17) is 18.6 Å². The second kappa shape index (κ2) is 6.83. The van der Waals surface area contributed by atoms with Gasteiger partial charge in [-0.3, -0.25) is 0 Å². The van der Waals surface area contributed by atoms with Crippen LogP contribution < -0.4 is 0 Å². The van der Waals surface area contributed by atoms with Crippen molar-refractivity contribution in [2.24, 2.45) is 28.6 Å². The molecule has 31 heavy (non-hydrogen) atoms. The topological polar surface area (TPSA) is 36.9 Å². The number of hydrogen-bond acceptors (Lipinski definition) is 4. The summed E-state index contributed by atoms with van der Waals surface area (Å²) in [6.07, 6.45) is 11.6. The maximum atomic E-state index is 6.95. The zero-order valence-corrected chi connectivity index (χ0v) is 22.0.